The van der Waals surface area contributed by atoms with Gasteiger partial charge in [-0.3, -0.25) is 5.41 Å². The van der Waals surface area contributed by atoms with Crippen molar-refractivity contribution in [2.75, 3.05) is 0 Å². The molecular weight excluding hydrogens is 309 g/mol. The van der Waals surface area contributed by atoms with Gasteiger partial charge in [-0.1, -0.05) is 34.8 Å². The van der Waals surface area contributed by atoms with Crippen molar-refractivity contribution in [2.45, 2.75) is 0 Å². The predicted octanol–water partition coefficient (Wildman–Crippen LogP) is 4.12. The Hall–Kier alpha value is -1.49. The van der Waals surface area contributed by atoms with Gasteiger partial charge in [-0.2, -0.15) is 0 Å². The Bertz CT molecular complexity index is 646. The lowest BCUT2D eigenvalue weighted by Crippen LogP contribution is -2.12. The molecule has 2 rings (SSSR count). The number of rotatable bonds is 3. The minimum Gasteiger partial charge on any atom is -0.437 e. The average Bonchev–Trinajstić information content (AvgIpc) is 2.36. The highest BCUT2D eigenvalue weighted by atomic mass is 35.5. The maximum absolute atomic E-state index is 7.45. The van der Waals surface area contributed by atoms with E-state index >= 15 is 0 Å². The fourth-order valence-electron chi connectivity index (χ4n) is 1.36. The molecule has 1 heterocycles. The SMILES string of the molecule is N=C(N)c1cccnc1Oc1cc(Cl)c(Cl)cc1Cl. The average molecular weight is 317 g/mol. The van der Waals surface area contributed by atoms with E-state index in [1.165, 1.54) is 18.3 Å². The first kappa shape index (κ1) is 13.9. The van der Waals surface area contributed by atoms with Crippen molar-refractivity contribution in [1.82, 2.24) is 4.98 Å². The van der Waals surface area contributed by atoms with Crippen molar-refractivity contribution >= 4 is 40.6 Å². The van der Waals surface area contributed by atoms with E-state index < -0.39 is 0 Å². The Morgan fingerprint density at radius 1 is 1.16 bits per heavy atom. The number of ether oxygens (including phenoxy) is 1. The third kappa shape index (κ3) is 3.10. The van der Waals surface area contributed by atoms with Gasteiger partial charge in [0, 0.05) is 12.3 Å². The molecule has 0 aliphatic carbocycles. The minimum atomic E-state index is -0.153. The molecule has 7 heteroatoms. The van der Waals surface area contributed by atoms with E-state index in [1.807, 2.05) is 0 Å². The minimum absolute atomic E-state index is 0.153. The van der Waals surface area contributed by atoms with Gasteiger partial charge in [-0.05, 0) is 18.2 Å². The van der Waals surface area contributed by atoms with Crippen LogP contribution in [0.15, 0.2) is 30.5 Å². The van der Waals surface area contributed by atoms with Crippen LogP contribution in [0.1, 0.15) is 5.56 Å². The van der Waals surface area contributed by atoms with Crippen LogP contribution in [-0.4, -0.2) is 10.8 Å². The Balaban J connectivity index is 2.42. The van der Waals surface area contributed by atoms with Crippen molar-refractivity contribution < 1.29 is 4.74 Å². The number of hydrogen-bond acceptors (Lipinski definition) is 3. The number of halogens is 3. The van der Waals surface area contributed by atoms with Gasteiger partial charge in [0.15, 0.2) is 0 Å². The number of nitrogens with two attached hydrogens (primary N) is 1. The summed E-state index contributed by atoms with van der Waals surface area (Å²) in [7, 11) is 0. The van der Waals surface area contributed by atoms with Crippen molar-refractivity contribution in [2.24, 2.45) is 5.73 Å². The third-order valence-electron chi connectivity index (χ3n) is 2.24. The normalized spacial score (nSPS) is 10.3. The van der Waals surface area contributed by atoms with Gasteiger partial charge in [-0.15, -0.1) is 0 Å². The molecule has 0 saturated heterocycles. The van der Waals surface area contributed by atoms with Crippen LogP contribution >= 0.6 is 34.8 Å². The Morgan fingerprint density at radius 3 is 2.53 bits per heavy atom. The maximum atomic E-state index is 7.45. The predicted molar refractivity (Wildman–Crippen MR) is 76.8 cm³/mol. The second kappa shape index (κ2) is 5.65. The first-order valence-electron chi connectivity index (χ1n) is 5.11. The summed E-state index contributed by atoms with van der Waals surface area (Å²) in [5.74, 6) is 0.312. The van der Waals surface area contributed by atoms with Gasteiger partial charge in [0.1, 0.15) is 11.6 Å². The molecule has 1 aromatic carbocycles. The molecule has 98 valence electrons. The zero-order valence-electron chi connectivity index (χ0n) is 9.45. The van der Waals surface area contributed by atoms with Crippen LogP contribution < -0.4 is 10.5 Å². The molecule has 0 spiro atoms. The molecule has 0 unspecified atom stereocenters. The van der Waals surface area contributed by atoms with Crippen LogP contribution in [0.4, 0.5) is 0 Å². The third-order valence-corrected chi connectivity index (χ3v) is 3.26. The molecule has 0 radical (unpaired) electrons. The lowest BCUT2D eigenvalue weighted by atomic mass is 10.2. The van der Waals surface area contributed by atoms with E-state index in [0.29, 0.717) is 15.6 Å². The Kier molecular flexibility index (Phi) is 4.14. The number of pyridine rings is 1. The lowest BCUT2D eigenvalue weighted by molar-refractivity contribution is 0.462. The van der Waals surface area contributed by atoms with Crippen LogP contribution in [0.2, 0.25) is 15.1 Å². The van der Waals surface area contributed by atoms with Gasteiger partial charge >= 0.3 is 0 Å². The van der Waals surface area contributed by atoms with E-state index in [9.17, 15) is 0 Å². The summed E-state index contributed by atoms with van der Waals surface area (Å²) >= 11 is 17.7. The van der Waals surface area contributed by atoms with Gasteiger partial charge in [0.25, 0.3) is 0 Å². The summed E-state index contributed by atoms with van der Waals surface area (Å²) in [6.07, 6.45) is 1.52. The number of nitrogens with one attached hydrogen (secondary N) is 1. The molecule has 0 aliphatic rings. The smallest absolute Gasteiger partial charge is 0.230 e. The van der Waals surface area contributed by atoms with Gasteiger partial charge in [-0.25, -0.2) is 4.98 Å². The van der Waals surface area contributed by atoms with Gasteiger partial charge < -0.3 is 10.5 Å². The molecule has 0 bridgehead atoms. The summed E-state index contributed by atoms with van der Waals surface area (Å²) in [5.41, 5.74) is 5.81. The van der Waals surface area contributed by atoms with Gasteiger partial charge in [0.05, 0.1) is 20.6 Å². The number of hydrogen-bond donors (Lipinski definition) is 2. The Labute approximate surface area is 124 Å². The second-order valence-corrected chi connectivity index (χ2v) is 4.79. The summed E-state index contributed by atoms with van der Waals surface area (Å²) in [5, 5.41) is 8.37. The highest BCUT2D eigenvalue weighted by molar-refractivity contribution is 6.43. The number of nitrogens with zero attached hydrogens (tertiary/aromatic N) is 1. The van der Waals surface area contributed by atoms with E-state index in [-0.39, 0.29) is 22.5 Å². The van der Waals surface area contributed by atoms with Crippen LogP contribution in [0.3, 0.4) is 0 Å². The molecule has 4 nitrogen and oxygen atoms in total. The standard InChI is InChI=1S/C12H8Cl3N3O/c13-7-4-9(15)10(5-8(7)14)19-12-6(11(16)17)2-1-3-18-12/h1-5H,(H3,16,17). The quantitative estimate of drug-likeness (QED) is 0.508. The summed E-state index contributed by atoms with van der Waals surface area (Å²) in [6.45, 7) is 0. The molecule has 19 heavy (non-hydrogen) atoms. The molecule has 0 atom stereocenters. The van der Waals surface area contributed by atoms with Gasteiger partial charge in [0.2, 0.25) is 5.88 Å². The zero-order valence-corrected chi connectivity index (χ0v) is 11.7. The zero-order chi connectivity index (χ0) is 14.0. The summed E-state index contributed by atoms with van der Waals surface area (Å²) < 4.78 is 5.53. The number of amidine groups is 1. The first-order chi connectivity index (χ1) is 8.99. The van der Waals surface area contributed by atoms with Crippen LogP contribution in [0.5, 0.6) is 11.6 Å². The molecule has 1 aromatic heterocycles. The summed E-state index contributed by atoms with van der Waals surface area (Å²) in [4.78, 5) is 4.01. The fourth-order valence-corrected chi connectivity index (χ4v) is 1.94. The van der Waals surface area contributed by atoms with Crippen LogP contribution in [-0.2, 0) is 0 Å². The molecule has 0 amide bonds. The number of aromatic nitrogens is 1. The van der Waals surface area contributed by atoms with Crippen molar-refractivity contribution in [1.29, 1.82) is 5.41 Å². The number of nitrogen functional groups attached to an aromatic ring is 1. The maximum Gasteiger partial charge on any atom is 0.230 e. The lowest BCUT2D eigenvalue weighted by Gasteiger charge is -2.10. The first-order valence-corrected chi connectivity index (χ1v) is 6.24. The van der Waals surface area contributed by atoms with E-state index in [2.05, 4.69) is 4.98 Å². The van der Waals surface area contributed by atoms with E-state index in [1.54, 1.807) is 12.1 Å². The topological polar surface area (TPSA) is 72.0 Å². The molecule has 0 fully saturated rings. The highest BCUT2D eigenvalue weighted by Crippen LogP contribution is 2.36. The molecule has 3 N–H and O–H groups in total. The van der Waals surface area contributed by atoms with Crippen molar-refractivity contribution in [3.63, 3.8) is 0 Å². The molecular formula is C12H8Cl3N3O. The van der Waals surface area contributed by atoms with E-state index in [4.69, 9.17) is 50.7 Å². The monoisotopic (exact) mass is 315 g/mol. The largest absolute Gasteiger partial charge is 0.437 e. The van der Waals surface area contributed by atoms with E-state index in [0.717, 1.165) is 0 Å². The van der Waals surface area contributed by atoms with Crippen LogP contribution in [0.25, 0.3) is 0 Å². The summed E-state index contributed by atoms with van der Waals surface area (Å²) in [6, 6.07) is 6.22. The van der Waals surface area contributed by atoms with Crippen molar-refractivity contribution in [3.05, 3.63) is 51.1 Å². The number of benzene rings is 1. The molecule has 0 aliphatic heterocycles. The second-order valence-electron chi connectivity index (χ2n) is 3.57. The molecule has 0 saturated carbocycles. The highest BCUT2D eigenvalue weighted by Gasteiger charge is 2.12. The van der Waals surface area contributed by atoms with Crippen molar-refractivity contribution in [3.8, 4) is 11.6 Å². The fraction of sp³-hybridized carbons (Fsp3) is 0. The Morgan fingerprint density at radius 2 is 1.84 bits per heavy atom. The van der Waals surface area contributed by atoms with Crippen LogP contribution in [0, 0.1) is 5.41 Å². The molecule has 2 aromatic rings.